The fourth-order valence-corrected chi connectivity index (χ4v) is 4.39. The number of nitrogens with zero attached hydrogens (tertiary/aromatic N) is 3. The molecule has 0 spiro atoms. The van der Waals surface area contributed by atoms with E-state index in [2.05, 4.69) is 11.5 Å². The van der Waals surface area contributed by atoms with Crippen molar-refractivity contribution in [2.24, 2.45) is 0 Å². The smallest absolute Gasteiger partial charge is 0.262 e. The number of aryl methyl sites for hydroxylation is 2. The Labute approximate surface area is 135 Å². The standard InChI is InChI=1S/C17H23N3OS/c1-11(2)9-20-14(10-19(3)4)18-16-15(17(20)21)12-7-5-6-8-13(12)22-16/h1,5-10H2,2-4H3. The van der Waals surface area contributed by atoms with E-state index in [-0.39, 0.29) is 5.56 Å². The molecule has 0 fully saturated rings. The third-order valence-electron chi connectivity index (χ3n) is 4.04. The Hall–Kier alpha value is -1.46. The minimum atomic E-state index is 0.115. The first kappa shape index (κ1) is 15.4. The first-order valence-corrected chi connectivity index (χ1v) is 8.62. The number of allylic oxidation sites excluding steroid dienone is 1. The van der Waals surface area contributed by atoms with E-state index in [9.17, 15) is 4.79 Å². The molecule has 0 aliphatic heterocycles. The largest absolute Gasteiger partial charge is 0.302 e. The van der Waals surface area contributed by atoms with E-state index in [0.717, 1.165) is 34.5 Å². The van der Waals surface area contributed by atoms with Crippen LogP contribution in [0.25, 0.3) is 10.2 Å². The van der Waals surface area contributed by atoms with E-state index >= 15 is 0 Å². The summed E-state index contributed by atoms with van der Waals surface area (Å²) >= 11 is 1.72. The molecule has 2 heterocycles. The quantitative estimate of drug-likeness (QED) is 0.814. The van der Waals surface area contributed by atoms with Gasteiger partial charge in [0.15, 0.2) is 0 Å². The van der Waals surface area contributed by atoms with Crippen molar-refractivity contribution in [2.75, 3.05) is 14.1 Å². The van der Waals surface area contributed by atoms with Crippen LogP contribution in [0.15, 0.2) is 16.9 Å². The average Bonchev–Trinajstić information content (AvgIpc) is 2.80. The van der Waals surface area contributed by atoms with Gasteiger partial charge in [0.1, 0.15) is 10.7 Å². The molecule has 0 amide bonds. The van der Waals surface area contributed by atoms with Crippen molar-refractivity contribution >= 4 is 21.6 Å². The minimum absolute atomic E-state index is 0.115. The van der Waals surface area contributed by atoms with E-state index in [4.69, 9.17) is 4.98 Å². The molecule has 1 aliphatic rings. The second-order valence-electron chi connectivity index (χ2n) is 6.51. The van der Waals surface area contributed by atoms with Gasteiger partial charge in [0.25, 0.3) is 5.56 Å². The van der Waals surface area contributed by atoms with Gasteiger partial charge in [-0.15, -0.1) is 11.3 Å². The number of hydrogen-bond donors (Lipinski definition) is 0. The summed E-state index contributed by atoms with van der Waals surface area (Å²) in [6.45, 7) is 7.14. The minimum Gasteiger partial charge on any atom is -0.302 e. The first-order valence-electron chi connectivity index (χ1n) is 7.80. The van der Waals surface area contributed by atoms with Crippen molar-refractivity contribution in [1.82, 2.24) is 14.5 Å². The molecule has 1 aliphatic carbocycles. The average molecular weight is 317 g/mol. The summed E-state index contributed by atoms with van der Waals surface area (Å²) in [4.78, 5) is 22.2. The zero-order valence-electron chi connectivity index (χ0n) is 13.6. The van der Waals surface area contributed by atoms with Crippen LogP contribution in [0, 0.1) is 0 Å². The lowest BCUT2D eigenvalue weighted by atomic mass is 9.97. The Morgan fingerprint density at radius 2 is 2.09 bits per heavy atom. The molecule has 0 saturated carbocycles. The van der Waals surface area contributed by atoms with Crippen molar-refractivity contribution in [1.29, 1.82) is 0 Å². The van der Waals surface area contributed by atoms with Crippen molar-refractivity contribution in [3.05, 3.63) is 38.8 Å². The highest BCUT2D eigenvalue weighted by Crippen LogP contribution is 2.33. The number of aromatic nitrogens is 2. The number of hydrogen-bond acceptors (Lipinski definition) is 4. The molecule has 0 N–H and O–H groups in total. The Balaban J connectivity index is 2.25. The van der Waals surface area contributed by atoms with Gasteiger partial charge in [0.05, 0.1) is 11.9 Å². The van der Waals surface area contributed by atoms with E-state index in [1.807, 2.05) is 25.6 Å². The highest BCUT2D eigenvalue weighted by Gasteiger charge is 2.22. The molecule has 0 unspecified atom stereocenters. The van der Waals surface area contributed by atoms with Crippen LogP contribution >= 0.6 is 11.3 Å². The molecule has 5 heteroatoms. The highest BCUT2D eigenvalue weighted by atomic mass is 32.1. The molecule has 4 nitrogen and oxygen atoms in total. The predicted molar refractivity (Wildman–Crippen MR) is 92.7 cm³/mol. The lowest BCUT2D eigenvalue weighted by Crippen LogP contribution is -2.28. The van der Waals surface area contributed by atoms with E-state index < -0.39 is 0 Å². The molecule has 0 radical (unpaired) electrons. The van der Waals surface area contributed by atoms with Crippen molar-refractivity contribution in [3.63, 3.8) is 0 Å². The zero-order chi connectivity index (χ0) is 15.9. The number of thiophene rings is 1. The van der Waals surface area contributed by atoms with Gasteiger partial charge in [-0.2, -0.15) is 0 Å². The third-order valence-corrected chi connectivity index (χ3v) is 5.23. The Morgan fingerprint density at radius 3 is 2.77 bits per heavy atom. The Kier molecular flexibility index (Phi) is 4.19. The second kappa shape index (κ2) is 5.97. The molecule has 0 bridgehead atoms. The summed E-state index contributed by atoms with van der Waals surface area (Å²) in [5.74, 6) is 0.837. The van der Waals surface area contributed by atoms with Crippen LogP contribution in [-0.4, -0.2) is 28.5 Å². The lowest BCUT2D eigenvalue weighted by molar-refractivity contribution is 0.379. The molecule has 0 saturated heterocycles. The van der Waals surface area contributed by atoms with Crippen molar-refractivity contribution in [3.8, 4) is 0 Å². The van der Waals surface area contributed by atoms with E-state index in [1.54, 1.807) is 11.3 Å². The first-order chi connectivity index (χ1) is 10.5. The lowest BCUT2D eigenvalue weighted by Gasteiger charge is -2.16. The molecule has 0 aromatic carbocycles. The van der Waals surface area contributed by atoms with Crippen LogP contribution in [0.5, 0.6) is 0 Å². The predicted octanol–water partition coefficient (Wildman–Crippen LogP) is 2.97. The maximum Gasteiger partial charge on any atom is 0.262 e. The van der Waals surface area contributed by atoms with Gasteiger partial charge < -0.3 is 4.90 Å². The van der Waals surface area contributed by atoms with Gasteiger partial charge in [0, 0.05) is 11.4 Å². The van der Waals surface area contributed by atoms with Crippen LogP contribution < -0.4 is 5.56 Å². The molecular formula is C17H23N3OS. The summed E-state index contributed by atoms with van der Waals surface area (Å²) < 4.78 is 1.81. The van der Waals surface area contributed by atoms with Crippen molar-refractivity contribution in [2.45, 2.75) is 45.7 Å². The fourth-order valence-electron chi connectivity index (χ4n) is 3.12. The summed E-state index contributed by atoms with van der Waals surface area (Å²) in [6, 6.07) is 0. The Morgan fingerprint density at radius 1 is 1.36 bits per heavy atom. The van der Waals surface area contributed by atoms with Gasteiger partial charge in [-0.3, -0.25) is 9.36 Å². The number of fused-ring (bicyclic) bond motifs is 3. The summed E-state index contributed by atoms with van der Waals surface area (Å²) in [5, 5.41) is 0.864. The highest BCUT2D eigenvalue weighted by molar-refractivity contribution is 7.18. The van der Waals surface area contributed by atoms with Gasteiger partial charge in [-0.05, 0) is 52.3 Å². The molecule has 2 aromatic heterocycles. The molecule has 3 rings (SSSR count). The second-order valence-corrected chi connectivity index (χ2v) is 7.59. The topological polar surface area (TPSA) is 38.1 Å². The van der Waals surface area contributed by atoms with Crippen LogP contribution in [-0.2, 0) is 25.9 Å². The van der Waals surface area contributed by atoms with Gasteiger partial charge in [0.2, 0.25) is 0 Å². The van der Waals surface area contributed by atoms with Gasteiger partial charge in [-0.1, -0.05) is 12.2 Å². The van der Waals surface area contributed by atoms with Crippen molar-refractivity contribution < 1.29 is 0 Å². The molecule has 0 atom stereocenters. The van der Waals surface area contributed by atoms with E-state index in [1.165, 1.54) is 23.3 Å². The fraction of sp³-hybridized carbons (Fsp3) is 0.529. The van der Waals surface area contributed by atoms with Gasteiger partial charge in [-0.25, -0.2) is 4.98 Å². The monoisotopic (exact) mass is 317 g/mol. The number of rotatable bonds is 4. The maximum absolute atomic E-state index is 13.1. The molecular weight excluding hydrogens is 294 g/mol. The van der Waals surface area contributed by atoms with Crippen LogP contribution in [0.2, 0.25) is 0 Å². The summed E-state index contributed by atoms with van der Waals surface area (Å²) in [6.07, 6.45) is 4.52. The molecule has 118 valence electrons. The summed E-state index contributed by atoms with van der Waals surface area (Å²) in [5.41, 5.74) is 2.35. The maximum atomic E-state index is 13.1. The van der Waals surface area contributed by atoms with Crippen LogP contribution in [0.3, 0.4) is 0 Å². The van der Waals surface area contributed by atoms with Crippen LogP contribution in [0.1, 0.15) is 36.0 Å². The third kappa shape index (κ3) is 2.75. The molecule has 2 aromatic rings. The van der Waals surface area contributed by atoms with Crippen LogP contribution in [0.4, 0.5) is 0 Å². The zero-order valence-corrected chi connectivity index (χ0v) is 14.4. The normalized spacial score (nSPS) is 14.5. The molecule has 22 heavy (non-hydrogen) atoms. The SMILES string of the molecule is C=C(C)Cn1c(CN(C)C)nc2sc3c(c2c1=O)CCCC3. The van der Waals surface area contributed by atoms with E-state index in [0.29, 0.717) is 13.1 Å². The van der Waals surface area contributed by atoms with Gasteiger partial charge >= 0.3 is 0 Å². The Bertz CT molecular complexity index is 785. The summed E-state index contributed by atoms with van der Waals surface area (Å²) in [7, 11) is 4.00.